The first-order valence-electron chi connectivity index (χ1n) is 6.14. The van der Waals surface area contributed by atoms with E-state index in [1.54, 1.807) is 6.07 Å². The van der Waals surface area contributed by atoms with Gasteiger partial charge in [0.2, 0.25) is 0 Å². The maximum absolute atomic E-state index is 12.5. The molecular formula is C14H12F3N3. The van der Waals surface area contributed by atoms with E-state index in [0.29, 0.717) is 18.1 Å². The first-order chi connectivity index (χ1) is 9.45. The fourth-order valence-electron chi connectivity index (χ4n) is 2.37. The fraction of sp³-hybridized carbons (Fsp3) is 0.214. The summed E-state index contributed by atoms with van der Waals surface area (Å²) in [7, 11) is 0. The summed E-state index contributed by atoms with van der Waals surface area (Å²) in [4.78, 5) is 5.82. The molecule has 1 aliphatic rings. The third kappa shape index (κ3) is 2.17. The number of nitrogen functional groups attached to an aromatic ring is 1. The van der Waals surface area contributed by atoms with Crippen molar-refractivity contribution in [3.05, 3.63) is 47.7 Å². The molecule has 2 heterocycles. The molecule has 6 heteroatoms. The Morgan fingerprint density at radius 2 is 1.95 bits per heavy atom. The SMILES string of the molecule is Nc1ccc2c(c1)CCN2c1ccc(C(F)(F)F)cn1. The average Bonchev–Trinajstić information content (AvgIpc) is 2.80. The second kappa shape index (κ2) is 4.40. The number of nitrogens with two attached hydrogens (primary N) is 1. The monoisotopic (exact) mass is 279 g/mol. The van der Waals surface area contributed by atoms with Crippen molar-refractivity contribution in [2.45, 2.75) is 12.6 Å². The Kier molecular flexibility index (Phi) is 2.81. The first-order valence-corrected chi connectivity index (χ1v) is 6.14. The molecule has 1 aliphatic heterocycles. The van der Waals surface area contributed by atoms with E-state index in [1.807, 2.05) is 17.0 Å². The summed E-state index contributed by atoms with van der Waals surface area (Å²) in [5, 5.41) is 0. The van der Waals surface area contributed by atoms with Gasteiger partial charge in [0.1, 0.15) is 5.82 Å². The van der Waals surface area contributed by atoms with Crippen LogP contribution in [-0.4, -0.2) is 11.5 Å². The summed E-state index contributed by atoms with van der Waals surface area (Å²) in [6, 6.07) is 7.99. The predicted molar refractivity (Wildman–Crippen MR) is 70.8 cm³/mol. The molecule has 1 aromatic heterocycles. The molecule has 2 aromatic rings. The van der Waals surface area contributed by atoms with Crippen LogP contribution in [0.15, 0.2) is 36.5 Å². The van der Waals surface area contributed by atoms with Crippen LogP contribution in [0, 0.1) is 0 Å². The van der Waals surface area contributed by atoms with Gasteiger partial charge in [-0.1, -0.05) is 0 Å². The molecule has 0 amide bonds. The van der Waals surface area contributed by atoms with Crippen LogP contribution in [0.3, 0.4) is 0 Å². The van der Waals surface area contributed by atoms with Crippen LogP contribution in [-0.2, 0) is 12.6 Å². The number of fused-ring (bicyclic) bond motifs is 1. The van der Waals surface area contributed by atoms with Crippen molar-refractivity contribution in [1.82, 2.24) is 4.98 Å². The van der Waals surface area contributed by atoms with E-state index in [9.17, 15) is 13.2 Å². The zero-order chi connectivity index (χ0) is 14.3. The molecule has 0 saturated carbocycles. The van der Waals surface area contributed by atoms with Crippen LogP contribution in [0.2, 0.25) is 0 Å². The summed E-state index contributed by atoms with van der Waals surface area (Å²) < 4.78 is 37.5. The molecular weight excluding hydrogens is 267 g/mol. The summed E-state index contributed by atoms with van der Waals surface area (Å²) in [5.41, 5.74) is 7.71. The van der Waals surface area contributed by atoms with Gasteiger partial charge in [0.15, 0.2) is 0 Å². The number of nitrogens with zero attached hydrogens (tertiary/aromatic N) is 2. The molecule has 20 heavy (non-hydrogen) atoms. The highest BCUT2D eigenvalue weighted by Gasteiger charge is 2.31. The van der Waals surface area contributed by atoms with Crippen LogP contribution in [0.1, 0.15) is 11.1 Å². The number of halogens is 3. The standard InChI is InChI=1S/C14H12F3N3/c15-14(16,17)10-1-4-13(19-8-10)20-6-5-9-7-11(18)2-3-12(9)20/h1-4,7-8H,5-6,18H2. The lowest BCUT2D eigenvalue weighted by atomic mass is 10.1. The van der Waals surface area contributed by atoms with E-state index in [4.69, 9.17) is 5.73 Å². The third-order valence-corrected chi connectivity index (χ3v) is 3.35. The number of hydrogen-bond donors (Lipinski definition) is 1. The van der Waals surface area contributed by atoms with Crippen molar-refractivity contribution in [3.63, 3.8) is 0 Å². The van der Waals surface area contributed by atoms with Gasteiger partial charge < -0.3 is 10.6 Å². The van der Waals surface area contributed by atoms with Crippen molar-refractivity contribution >= 4 is 17.2 Å². The van der Waals surface area contributed by atoms with Gasteiger partial charge in [0, 0.05) is 24.1 Å². The smallest absolute Gasteiger partial charge is 0.399 e. The van der Waals surface area contributed by atoms with Gasteiger partial charge in [0.05, 0.1) is 5.56 Å². The average molecular weight is 279 g/mol. The number of alkyl halides is 3. The maximum atomic E-state index is 12.5. The second-order valence-electron chi connectivity index (χ2n) is 4.69. The van der Waals surface area contributed by atoms with Crippen LogP contribution in [0.25, 0.3) is 0 Å². The number of benzene rings is 1. The quantitative estimate of drug-likeness (QED) is 0.814. The lowest BCUT2D eigenvalue weighted by Crippen LogP contribution is -2.15. The van der Waals surface area contributed by atoms with Crippen LogP contribution in [0.4, 0.5) is 30.4 Å². The Balaban J connectivity index is 1.93. The topological polar surface area (TPSA) is 42.1 Å². The maximum Gasteiger partial charge on any atom is 0.417 e. The van der Waals surface area contributed by atoms with Gasteiger partial charge in [0.25, 0.3) is 0 Å². The Morgan fingerprint density at radius 3 is 2.60 bits per heavy atom. The largest absolute Gasteiger partial charge is 0.417 e. The van der Waals surface area contributed by atoms with E-state index in [2.05, 4.69) is 4.98 Å². The number of aromatic nitrogens is 1. The molecule has 3 nitrogen and oxygen atoms in total. The van der Waals surface area contributed by atoms with Crippen molar-refractivity contribution in [2.24, 2.45) is 0 Å². The molecule has 1 aromatic carbocycles. The van der Waals surface area contributed by atoms with Crippen molar-refractivity contribution in [1.29, 1.82) is 0 Å². The molecule has 2 N–H and O–H groups in total. The summed E-state index contributed by atoms with van der Waals surface area (Å²) >= 11 is 0. The van der Waals surface area contributed by atoms with Gasteiger partial charge >= 0.3 is 6.18 Å². The van der Waals surface area contributed by atoms with E-state index in [0.717, 1.165) is 29.9 Å². The van der Waals surface area contributed by atoms with Crippen molar-refractivity contribution in [3.8, 4) is 0 Å². The minimum atomic E-state index is -4.36. The molecule has 0 atom stereocenters. The highest BCUT2D eigenvalue weighted by atomic mass is 19.4. The van der Waals surface area contributed by atoms with Gasteiger partial charge in [-0.2, -0.15) is 13.2 Å². The lowest BCUT2D eigenvalue weighted by molar-refractivity contribution is -0.137. The van der Waals surface area contributed by atoms with E-state index in [-0.39, 0.29) is 0 Å². The minimum Gasteiger partial charge on any atom is -0.399 e. The predicted octanol–water partition coefficient (Wildman–Crippen LogP) is 3.38. The van der Waals surface area contributed by atoms with E-state index in [1.165, 1.54) is 6.07 Å². The molecule has 0 bridgehead atoms. The van der Waals surface area contributed by atoms with Gasteiger partial charge in [-0.25, -0.2) is 4.98 Å². The molecule has 0 saturated heterocycles. The molecule has 3 rings (SSSR count). The number of hydrogen-bond acceptors (Lipinski definition) is 3. The molecule has 104 valence electrons. The summed E-state index contributed by atoms with van der Waals surface area (Å²) in [5.74, 6) is 0.515. The molecule has 0 aliphatic carbocycles. The van der Waals surface area contributed by atoms with Crippen molar-refractivity contribution in [2.75, 3.05) is 17.2 Å². The molecule has 0 spiro atoms. The fourth-order valence-corrected chi connectivity index (χ4v) is 2.37. The van der Waals surface area contributed by atoms with Gasteiger partial charge in [-0.15, -0.1) is 0 Å². The summed E-state index contributed by atoms with van der Waals surface area (Å²) in [6.45, 7) is 0.692. The minimum absolute atomic E-state index is 0.515. The van der Waals surface area contributed by atoms with Crippen LogP contribution >= 0.6 is 0 Å². The molecule has 0 unspecified atom stereocenters. The number of rotatable bonds is 1. The van der Waals surface area contributed by atoms with Gasteiger partial charge in [-0.3, -0.25) is 0 Å². The van der Waals surface area contributed by atoms with Crippen LogP contribution < -0.4 is 10.6 Å². The number of pyridine rings is 1. The second-order valence-corrected chi connectivity index (χ2v) is 4.69. The Morgan fingerprint density at radius 1 is 1.15 bits per heavy atom. The van der Waals surface area contributed by atoms with E-state index >= 15 is 0 Å². The Labute approximate surface area is 113 Å². The zero-order valence-electron chi connectivity index (χ0n) is 10.5. The lowest BCUT2D eigenvalue weighted by Gasteiger charge is -2.19. The Hall–Kier alpha value is -2.24. The highest BCUT2D eigenvalue weighted by Crippen LogP contribution is 2.35. The Bertz CT molecular complexity index is 635. The normalized spacial score (nSPS) is 14.4. The van der Waals surface area contributed by atoms with Gasteiger partial charge in [-0.05, 0) is 42.3 Å². The first kappa shape index (κ1) is 12.8. The summed E-state index contributed by atoms with van der Waals surface area (Å²) in [6.07, 6.45) is -2.68. The number of anilines is 3. The highest BCUT2D eigenvalue weighted by molar-refractivity contribution is 5.70. The molecule has 0 fully saturated rings. The van der Waals surface area contributed by atoms with Crippen LogP contribution in [0.5, 0.6) is 0 Å². The van der Waals surface area contributed by atoms with Crippen molar-refractivity contribution < 1.29 is 13.2 Å². The molecule has 0 radical (unpaired) electrons. The zero-order valence-corrected chi connectivity index (χ0v) is 10.5. The van der Waals surface area contributed by atoms with E-state index < -0.39 is 11.7 Å². The third-order valence-electron chi connectivity index (χ3n) is 3.35.